The van der Waals surface area contributed by atoms with E-state index in [-0.39, 0.29) is 11.9 Å². The summed E-state index contributed by atoms with van der Waals surface area (Å²) in [4.78, 5) is 13.6. The molecule has 0 aliphatic rings. The van der Waals surface area contributed by atoms with Gasteiger partial charge in [-0.15, -0.1) is 0 Å². The fourth-order valence-electron chi connectivity index (χ4n) is 1.51. The molecule has 0 bridgehead atoms. The summed E-state index contributed by atoms with van der Waals surface area (Å²) in [6.45, 7) is 11.1. The van der Waals surface area contributed by atoms with Gasteiger partial charge < -0.3 is 10.4 Å². The molecule has 0 saturated heterocycles. The topological polar surface area (TPSA) is 52.6 Å². The molecule has 15 heavy (non-hydrogen) atoms. The largest absolute Gasteiger partial charge is 0.389 e. The predicted molar refractivity (Wildman–Crippen MR) is 61.7 cm³/mol. The van der Waals surface area contributed by atoms with Crippen molar-refractivity contribution in [3.63, 3.8) is 0 Å². The summed E-state index contributed by atoms with van der Waals surface area (Å²) < 4.78 is 0. The highest BCUT2D eigenvalue weighted by atomic mass is 16.3. The Balaban J connectivity index is 4.34. The van der Waals surface area contributed by atoms with Crippen LogP contribution in [0.4, 0.5) is 0 Å². The number of carbonyl (C=O) groups excluding carboxylic acids is 1. The second-order valence-corrected chi connectivity index (χ2v) is 4.45. The molecule has 90 valence electrons. The molecule has 0 aromatic heterocycles. The van der Waals surface area contributed by atoms with Crippen molar-refractivity contribution in [1.82, 2.24) is 10.2 Å². The molecule has 0 heterocycles. The quantitative estimate of drug-likeness (QED) is 0.684. The number of aliphatic hydroxyl groups is 1. The minimum atomic E-state index is -0.767. The number of amides is 1. The van der Waals surface area contributed by atoms with Crippen molar-refractivity contribution in [3.8, 4) is 0 Å². The normalized spacial score (nSPS) is 14.1. The molecule has 2 N–H and O–H groups in total. The van der Waals surface area contributed by atoms with Gasteiger partial charge in [0.1, 0.15) is 0 Å². The maximum absolute atomic E-state index is 11.6. The van der Waals surface area contributed by atoms with Gasteiger partial charge in [0.2, 0.25) is 5.91 Å². The van der Waals surface area contributed by atoms with Crippen molar-refractivity contribution in [2.24, 2.45) is 0 Å². The third kappa shape index (κ3) is 5.74. The van der Waals surface area contributed by atoms with Crippen LogP contribution in [0.2, 0.25) is 0 Å². The van der Waals surface area contributed by atoms with Crippen molar-refractivity contribution in [2.75, 3.05) is 19.6 Å². The molecule has 4 nitrogen and oxygen atoms in total. The zero-order valence-corrected chi connectivity index (χ0v) is 10.5. The Morgan fingerprint density at radius 3 is 2.33 bits per heavy atom. The van der Waals surface area contributed by atoms with Gasteiger partial charge in [0.05, 0.1) is 11.6 Å². The Morgan fingerprint density at radius 1 is 1.47 bits per heavy atom. The van der Waals surface area contributed by atoms with Crippen LogP contribution in [0.25, 0.3) is 0 Å². The van der Waals surface area contributed by atoms with Gasteiger partial charge in [0.25, 0.3) is 0 Å². The van der Waals surface area contributed by atoms with Crippen molar-refractivity contribution < 1.29 is 9.90 Å². The Hall–Kier alpha value is -0.610. The van der Waals surface area contributed by atoms with Crippen molar-refractivity contribution in [2.45, 2.75) is 46.3 Å². The lowest BCUT2D eigenvalue weighted by atomic mass is 10.1. The summed E-state index contributed by atoms with van der Waals surface area (Å²) in [7, 11) is 0. The van der Waals surface area contributed by atoms with Gasteiger partial charge in [-0.3, -0.25) is 9.69 Å². The number of carbonyl (C=O) groups is 1. The zero-order valence-electron chi connectivity index (χ0n) is 10.5. The molecule has 0 saturated carbocycles. The lowest BCUT2D eigenvalue weighted by molar-refractivity contribution is -0.126. The molecular weight excluding hydrogens is 192 g/mol. The fourth-order valence-corrected chi connectivity index (χ4v) is 1.51. The number of nitrogens with zero attached hydrogens (tertiary/aromatic N) is 1. The molecule has 0 rings (SSSR count). The van der Waals surface area contributed by atoms with E-state index in [9.17, 15) is 9.90 Å². The van der Waals surface area contributed by atoms with Crippen molar-refractivity contribution in [1.29, 1.82) is 0 Å². The first kappa shape index (κ1) is 14.4. The zero-order chi connectivity index (χ0) is 12.1. The monoisotopic (exact) mass is 216 g/mol. The molecule has 0 aromatic carbocycles. The van der Waals surface area contributed by atoms with E-state index >= 15 is 0 Å². The summed E-state index contributed by atoms with van der Waals surface area (Å²) in [6, 6.07) is -0.193. The van der Waals surface area contributed by atoms with Crippen molar-refractivity contribution in [3.05, 3.63) is 0 Å². The van der Waals surface area contributed by atoms with Crippen LogP contribution in [0.1, 0.15) is 34.6 Å². The number of rotatable bonds is 6. The first-order valence-corrected chi connectivity index (χ1v) is 5.56. The van der Waals surface area contributed by atoms with Gasteiger partial charge in [0, 0.05) is 13.1 Å². The Kier molecular flexibility index (Phi) is 5.83. The van der Waals surface area contributed by atoms with E-state index < -0.39 is 5.60 Å². The lowest BCUT2D eigenvalue weighted by Gasteiger charge is -2.32. The van der Waals surface area contributed by atoms with Crippen LogP contribution in [0.15, 0.2) is 0 Å². The molecule has 0 aromatic rings. The first-order valence-electron chi connectivity index (χ1n) is 5.56. The van der Waals surface area contributed by atoms with E-state index in [1.165, 1.54) is 0 Å². The smallest absolute Gasteiger partial charge is 0.237 e. The summed E-state index contributed by atoms with van der Waals surface area (Å²) in [5.74, 6) is 0.0172. The Bertz CT molecular complexity index is 199. The van der Waals surface area contributed by atoms with Crippen LogP contribution in [0.3, 0.4) is 0 Å². The average Bonchev–Trinajstić information content (AvgIpc) is 2.12. The predicted octanol–water partition coefficient (Wildman–Crippen LogP) is 0.604. The molecular formula is C11H24N2O2. The van der Waals surface area contributed by atoms with Gasteiger partial charge in [-0.05, 0) is 34.2 Å². The first-order chi connectivity index (χ1) is 6.81. The van der Waals surface area contributed by atoms with E-state index in [0.717, 1.165) is 6.54 Å². The molecule has 0 aliphatic carbocycles. The molecule has 1 amide bonds. The minimum absolute atomic E-state index is 0.0172. The maximum Gasteiger partial charge on any atom is 0.237 e. The average molecular weight is 216 g/mol. The van der Waals surface area contributed by atoms with E-state index in [2.05, 4.69) is 5.32 Å². The summed E-state index contributed by atoms with van der Waals surface area (Å²) in [5.41, 5.74) is -0.767. The third-order valence-corrected chi connectivity index (χ3v) is 2.27. The number of hydrogen-bond donors (Lipinski definition) is 2. The molecule has 1 unspecified atom stereocenters. The van der Waals surface area contributed by atoms with Gasteiger partial charge >= 0.3 is 0 Å². The Labute approximate surface area is 92.7 Å². The van der Waals surface area contributed by atoms with Crippen LogP contribution in [0, 0.1) is 0 Å². The van der Waals surface area contributed by atoms with Crippen molar-refractivity contribution >= 4 is 5.91 Å². The molecule has 0 fully saturated rings. The van der Waals surface area contributed by atoms with Gasteiger partial charge in [0.15, 0.2) is 0 Å². The molecule has 0 aliphatic heterocycles. The Morgan fingerprint density at radius 2 is 2.00 bits per heavy atom. The number of nitrogens with one attached hydrogen (secondary N) is 1. The summed E-state index contributed by atoms with van der Waals surface area (Å²) >= 11 is 0. The highest BCUT2D eigenvalue weighted by Crippen LogP contribution is 2.08. The fraction of sp³-hybridized carbons (Fsp3) is 0.909. The van der Waals surface area contributed by atoms with Gasteiger partial charge in [-0.25, -0.2) is 0 Å². The minimum Gasteiger partial charge on any atom is -0.389 e. The van der Waals surface area contributed by atoms with E-state index in [0.29, 0.717) is 13.1 Å². The third-order valence-electron chi connectivity index (χ3n) is 2.27. The second kappa shape index (κ2) is 6.08. The van der Waals surface area contributed by atoms with Gasteiger partial charge in [-0.2, -0.15) is 0 Å². The lowest BCUT2D eigenvalue weighted by Crippen LogP contribution is -2.49. The van der Waals surface area contributed by atoms with Crippen LogP contribution in [0.5, 0.6) is 0 Å². The second-order valence-electron chi connectivity index (χ2n) is 4.45. The molecule has 0 radical (unpaired) electrons. The van der Waals surface area contributed by atoms with Crippen LogP contribution < -0.4 is 5.32 Å². The number of hydrogen-bond acceptors (Lipinski definition) is 3. The van der Waals surface area contributed by atoms with E-state index in [1.807, 2.05) is 25.7 Å². The van der Waals surface area contributed by atoms with Crippen LogP contribution in [-0.2, 0) is 4.79 Å². The highest BCUT2D eigenvalue weighted by molar-refractivity contribution is 5.81. The highest BCUT2D eigenvalue weighted by Gasteiger charge is 2.24. The summed E-state index contributed by atoms with van der Waals surface area (Å²) in [5, 5.41) is 12.5. The van der Waals surface area contributed by atoms with E-state index in [4.69, 9.17) is 0 Å². The summed E-state index contributed by atoms with van der Waals surface area (Å²) in [6.07, 6.45) is 0. The molecule has 0 spiro atoms. The van der Waals surface area contributed by atoms with Crippen LogP contribution >= 0.6 is 0 Å². The van der Waals surface area contributed by atoms with Gasteiger partial charge in [-0.1, -0.05) is 6.92 Å². The van der Waals surface area contributed by atoms with Crippen LogP contribution in [-0.4, -0.2) is 47.2 Å². The maximum atomic E-state index is 11.6. The standard InChI is InChI=1S/C11H24N2O2/c1-6-12-10(14)9(3)13(7-2)8-11(4,5)15/h9,15H,6-8H2,1-5H3,(H,12,14). The van der Waals surface area contributed by atoms with E-state index in [1.54, 1.807) is 13.8 Å². The SMILES string of the molecule is CCNC(=O)C(C)N(CC)CC(C)(C)O. The number of likely N-dealkylation sites (N-methyl/N-ethyl adjacent to an activating group) is 2. The molecule has 4 heteroatoms. The molecule has 1 atom stereocenters.